The molecule has 0 saturated heterocycles. The Hall–Kier alpha value is -4.29. The molecule has 12 nitrogen and oxygen atoms in total. The summed E-state index contributed by atoms with van der Waals surface area (Å²) in [5, 5.41) is 25.3. The molecule has 1 aromatic rings. The molecular weight excluding hydrogens is 662 g/mol. The van der Waals surface area contributed by atoms with Gasteiger partial charge in [0.1, 0.15) is 0 Å². The van der Waals surface area contributed by atoms with Crippen molar-refractivity contribution in [3.63, 3.8) is 0 Å². The number of benzene rings is 1. The first-order valence-electron chi connectivity index (χ1n) is 18.5. The van der Waals surface area contributed by atoms with Crippen molar-refractivity contribution in [2.75, 3.05) is 25.5 Å². The third-order valence-electron chi connectivity index (χ3n) is 7.58. The predicted octanol–water partition coefficient (Wildman–Crippen LogP) is 6.13. The molecule has 1 heterocycles. The molecule has 1 aromatic carbocycles. The third kappa shape index (κ3) is 21.8. The second-order valence-electron chi connectivity index (χ2n) is 12.4. The second-order valence-corrected chi connectivity index (χ2v) is 12.4. The average Bonchev–Trinajstić information content (AvgIpc) is 3.45. The van der Waals surface area contributed by atoms with E-state index in [1.807, 2.05) is 45.6 Å². The lowest BCUT2D eigenvalue weighted by Gasteiger charge is -2.26. The number of aliphatic hydroxyl groups excluding tert-OH is 1. The summed E-state index contributed by atoms with van der Waals surface area (Å²) >= 11 is 0. The maximum atomic E-state index is 11.8. The molecular formula is C40H67N5O7. The van der Waals surface area contributed by atoms with Crippen LogP contribution < -0.4 is 21.7 Å². The van der Waals surface area contributed by atoms with E-state index in [1.165, 1.54) is 18.4 Å². The van der Waals surface area contributed by atoms with E-state index in [9.17, 15) is 24.0 Å². The number of allylic oxidation sites excluding steroid dienone is 3. The summed E-state index contributed by atoms with van der Waals surface area (Å²) in [6.45, 7) is 17.8. The number of carboxylic acids is 1. The molecule has 1 atom stereocenters. The van der Waals surface area contributed by atoms with E-state index in [2.05, 4.69) is 36.4 Å². The molecule has 0 bridgehead atoms. The molecule has 1 saturated carbocycles. The average molecular weight is 730 g/mol. The topological polar surface area (TPSA) is 191 Å². The molecule has 294 valence electrons. The number of amides is 4. The first-order valence-corrected chi connectivity index (χ1v) is 18.5. The highest BCUT2D eigenvalue weighted by Gasteiger charge is 2.25. The SMILES string of the molecule is C=CCCC(=O)NC.CC.CCC.Cc1cc(CO)ccc1NC(=O)CNC(=O)C(N)C(C)C.O=C(O)CCCCCN1C(=O)C=CC1=C1CCC1. The van der Waals surface area contributed by atoms with Crippen LogP contribution in [0.2, 0.25) is 0 Å². The molecule has 7 N–H and O–H groups in total. The summed E-state index contributed by atoms with van der Waals surface area (Å²) in [5.41, 5.74) is 10.5. The predicted molar refractivity (Wildman–Crippen MR) is 210 cm³/mol. The number of unbranched alkanes of at least 4 members (excludes halogenated alkanes) is 2. The lowest BCUT2D eigenvalue weighted by Crippen LogP contribution is -2.46. The summed E-state index contributed by atoms with van der Waals surface area (Å²) in [6, 6.07) is 4.63. The molecule has 1 unspecified atom stereocenters. The van der Waals surface area contributed by atoms with Gasteiger partial charge in [-0.1, -0.05) is 72.6 Å². The van der Waals surface area contributed by atoms with Crippen molar-refractivity contribution in [1.82, 2.24) is 15.5 Å². The van der Waals surface area contributed by atoms with E-state index in [0.29, 0.717) is 25.1 Å². The number of nitrogens with one attached hydrogen (secondary N) is 3. The fourth-order valence-electron chi connectivity index (χ4n) is 4.43. The maximum Gasteiger partial charge on any atom is 0.303 e. The highest BCUT2D eigenvalue weighted by molar-refractivity contribution is 5.96. The highest BCUT2D eigenvalue weighted by Crippen LogP contribution is 2.33. The Balaban J connectivity index is 0. The smallest absolute Gasteiger partial charge is 0.303 e. The number of nitrogens with two attached hydrogens (primary N) is 1. The molecule has 2 aliphatic rings. The third-order valence-corrected chi connectivity index (χ3v) is 7.58. The quantitative estimate of drug-likeness (QED) is 0.0917. The van der Waals surface area contributed by atoms with E-state index in [0.717, 1.165) is 48.9 Å². The van der Waals surface area contributed by atoms with Crippen molar-refractivity contribution >= 4 is 35.3 Å². The summed E-state index contributed by atoms with van der Waals surface area (Å²) < 4.78 is 0. The van der Waals surface area contributed by atoms with Gasteiger partial charge in [-0.05, 0) is 80.2 Å². The molecule has 3 rings (SSSR count). The number of aliphatic hydroxyl groups is 1. The Morgan fingerprint density at radius 1 is 1.02 bits per heavy atom. The Morgan fingerprint density at radius 2 is 1.65 bits per heavy atom. The van der Waals surface area contributed by atoms with Gasteiger partial charge >= 0.3 is 5.97 Å². The number of rotatable bonds is 15. The lowest BCUT2D eigenvalue weighted by atomic mass is 9.90. The molecule has 0 spiro atoms. The number of aliphatic carboxylic acids is 1. The number of carboxylic acid groups (broad SMARTS) is 1. The number of anilines is 1. The van der Waals surface area contributed by atoms with Gasteiger partial charge in [0.15, 0.2) is 0 Å². The zero-order valence-electron chi connectivity index (χ0n) is 33.0. The number of carbonyl (C=O) groups is 5. The summed E-state index contributed by atoms with van der Waals surface area (Å²) in [5.74, 6) is -1.24. The van der Waals surface area contributed by atoms with Crippen LogP contribution in [0.25, 0.3) is 0 Å². The summed E-state index contributed by atoms with van der Waals surface area (Å²) in [7, 11) is 1.63. The Morgan fingerprint density at radius 3 is 2.13 bits per heavy atom. The molecule has 12 heteroatoms. The highest BCUT2D eigenvalue weighted by atomic mass is 16.4. The van der Waals surface area contributed by atoms with Gasteiger partial charge in [0.05, 0.1) is 19.2 Å². The van der Waals surface area contributed by atoms with Crippen molar-refractivity contribution in [3.05, 3.63) is 65.4 Å². The standard InChI is InChI=1S/C15H23N3O3.C14H19NO3.C6H11NO.C3H8.C2H6/c1-9(2)14(16)15(21)17-7-13(20)18-12-5-4-11(8-19)6-10(12)3;16-13-9-8-12(11-5-4-6-11)15(13)10-3-1-2-7-14(17)18;1-3-4-5-6(8)7-2;1-3-2;1-2/h4-6,9,14,19H,7-8,16H2,1-3H3,(H,17,21)(H,18,20);8-9H,1-7,10H2,(H,17,18);3H,1,4-5H2,2H3,(H,7,8);3H2,1-2H3;1-2H3. The Labute approximate surface area is 312 Å². The Bertz CT molecular complexity index is 1300. The molecule has 1 aliphatic heterocycles. The van der Waals surface area contributed by atoms with Gasteiger partial charge in [0, 0.05) is 43.9 Å². The van der Waals surface area contributed by atoms with Crippen LogP contribution in [0.3, 0.4) is 0 Å². The maximum absolute atomic E-state index is 11.8. The van der Waals surface area contributed by atoms with Crippen molar-refractivity contribution in [1.29, 1.82) is 0 Å². The van der Waals surface area contributed by atoms with Gasteiger partial charge in [-0.3, -0.25) is 24.0 Å². The minimum Gasteiger partial charge on any atom is -0.481 e. The van der Waals surface area contributed by atoms with Crippen LogP contribution in [-0.2, 0) is 30.6 Å². The fourth-order valence-corrected chi connectivity index (χ4v) is 4.43. The first-order chi connectivity index (χ1) is 24.7. The minimum absolute atomic E-state index is 0.0151. The van der Waals surface area contributed by atoms with Crippen LogP contribution >= 0.6 is 0 Å². The van der Waals surface area contributed by atoms with Gasteiger partial charge in [0.2, 0.25) is 17.7 Å². The molecule has 0 aromatic heterocycles. The van der Waals surface area contributed by atoms with Crippen LogP contribution in [0.1, 0.15) is 117 Å². The van der Waals surface area contributed by atoms with E-state index in [1.54, 1.807) is 37.4 Å². The zero-order valence-corrected chi connectivity index (χ0v) is 33.0. The van der Waals surface area contributed by atoms with Gasteiger partial charge in [0.25, 0.3) is 5.91 Å². The Kier molecular flexibility index (Phi) is 29.1. The van der Waals surface area contributed by atoms with E-state index in [4.69, 9.17) is 15.9 Å². The van der Waals surface area contributed by atoms with Gasteiger partial charge < -0.3 is 36.8 Å². The molecule has 4 amide bonds. The van der Waals surface area contributed by atoms with Crippen LogP contribution in [-0.4, -0.2) is 70.9 Å². The minimum atomic E-state index is -0.744. The van der Waals surface area contributed by atoms with Crippen molar-refractivity contribution < 1.29 is 34.2 Å². The number of carbonyl (C=O) groups excluding carboxylic acids is 4. The molecule has 52 heavy (non-hydrogen) atoms. The lowest BCUT2D eigenvalue weighted by molar-refractivity contribution is -0.137. The number of hydrogen-bond acceptors (Lipinski definition) is 7. The van der Waals surface area contributed by atoms with Gasteiger partial charge in [-0.15, -0.1) is 6.58 Å². The fraction of sp³-hybridized carbons (Fsp3) is 0.575. The second kappa shape index (κ2) is 30.3. The molecule has 0 radical (unpaired) electrons. The van der Waals surface area contributed by atoms with Crippen LogP contribution in [0.5, 0.6) is 0 Å². The van der Waals surface area contributed by atoms with Crippen molar-refractivity contribution in [2.45, 2.75) is 125 Å². The van der Waals surface area contributed by atoms with Crippen molar-refractivity contribution in [2.24, 2.45) is 11.7 Å². The van der Waals surface area contributed by atoms with Gasteiger partial charge in [-0.2, -0.15) is 0 Å². The normalized spacial score (nSPS) is 13.0. The summed E-state index contributed by atoms with van der Waals surface area (Å²) in [4.78, 5) is 57.8. The molecule has 1 aliphatic carbocycles. The van der Waals surface area contributed by atoms with Crippen LogP contribution in [0.4, 0.5) is 5.69 Å². The van der Waals surface area contributed by atoms with E-state index >= 15 is 0 Å². The number of aryl methyl sites for hydroxylation is 1. The van der Waals surface area contributed by atoms with Crippen molar-refractivity contribution in [3.8, 4) is 0 Å². The van der Waals surface area contributed by atoms with Crippen LogP contribution in [0, 0.1) is 12.8 Å². The summed E-state index contributed by atoms with van der Waals surface area (Å²) in [6.07, 6.45) is 14.0. The number of hydrogen-bond donors (Lipinski definition) is 6. The first kappa shape index (κ1) is 49.8. The molecule has 1 fully saturated rings. The van der Waals surface area contributed by atoms with E-state index < -0.39 is 12.0 Å². The van der Waals surface area contributed by atoms with Gasteiger partial charge in [-0.25, -0.2) is 0 Å². The van der Waals surface area contributed by atoms with Crippen LogP contribution in [0.15, 0.2) is 54.3 Å². The number of nitrogens with zero attached hydrogens (tertiary/aromatic N) is 1. The largest absolute Gasteiger partial charge is 0.481 e. The van der Waals surface area contributed by atoms with E-state index in [-0.39, 0.29) is 49.1 Å². The monoisotopic (exact) mass is 730 g/mol. The zero-order chi connectivity index (χ0) is 40.1.